The van der Waals surface area contributed by atoms with Gasteiger partial charge in [0.2, 0.25) is 0 Å². The van der Waals surface area contributed by atoms with Crippen LogP contribution in [0.3, 0.4) is 0 Å². The monoisotopic (exact) mass is 181 g/mol. The summed E-state index contributed by atoms with van der Waals surface area (Å²) in [7, 11) is 0. The molecule has 1 heteroatoms. The lowest BCUT2D eigenvalue weighted by Gasteiger charge is -2.18. The van der Waals surface area contributed by atoms with Crippen LogP contribution < -0.4 is 5.73 Å². The molecule has 0 aliphatic heterocycles. The Kier molecular flexibility index (Phi) is 2.39. The van der Waals surface area contributed by atoms with Crippen LogP contribution in [0.1, 0.15) is 52.4 Å². The Morgan fingerprint density at radius 1 is 1.23 bits per heavy atom. The normalized spacial score (nSPS) is 45.2. The van der Waals surface area contributed by atoms with Crippen LogP contribution in [0.5, 0.6) is 0 Å². The SMILES string of the molecule is CC(C)C1CCCC2(CC1)CC2N. The maximum Gasteiger partial charge on any atom is 0.0102 e. The van der Waals surface area contributed by atoms with E-state index in [-0.39, 0.29) is 0 Å². The molecule has 1 nitrogen and oxygen atoms in total. The molecule has 0 aromatic heterocycles. The fourth-order valence-corrected chi connectivity index (χ4v) is 3.08. The van der Waals surface area contributed by atoms with Gasteiger partial charge in [-0.1, -0.05) is 26.7 Å². The molecule has 0 aromatic rings. The first-order chi connectivity index (χ1) is 6.14. The van der Waals surface area contributed by atoms with E-state index in [4.69, 9.17) is 5.73 Å². The van der Waals surface area contributed by atoms with Crippen molar-refractivity contribution in [3.05, 3.63) is 0 Å². The average molecular weight is 181 g/mol. The Hall–Kier alpha value is -0.0400. The van der Waals surface area contributed by atoms with Crippen LogP contribution in [-0.4, -0.2) is 6.04 Å². The minimum Gasteiger partial charge on any atom is -0.327 e. The fraction of sp³-hybridized carbons (Fsp3) is 1.00. The van der Waals surface area contributed by atoms with E-state index < -0.39 is 0 Å². The first-order valence-corrected chi connectivity index (χ1v) is 5.90. The molecular formula is C12H23N. The lowest BCUT2D eigenvalue weighted by molar-refractivity contribution is 0.331. The molecule has 0 heterocycles. The number of rotatable bonds is 1. The van der Waals surface area contributed by atoms with Crippen molar-refractivity contribution in [2.45, 2.75) is 58.4 Å². The molecule has 2 N–H and O–H groups in total. The van der Waals surface area contributed by atoms with E-state index in [0.29, 0.717) is 11.5 Å². The van der Waals surface area contributed by atoms with Gasteiger partial charge in [-0.2, -0.15) is 0 Å². The van der Waals surface area contributed by atoms with E-state index in [9.17, 15) is 0 Å². The zero-order valence-electron chi connectivity index (χ0n) is 9.05. The summed E-state index contributed by atoms with van der Waals surface area (Å²) in [6, 6.07) is 0.554. The highest BCUT2D eigenvalue weighted by Gasteiger charge is 2.51. The van der Waals surface area contributed by atoms with Crippen LogP contribution in [-0.2, 0) is 0 Å². The molecule has 2 aliphatic carbocycles. The van der Waals surface area contributed by atoms with Gasteiger partial charge in [-0.3, -0.25) is 0 Å². The molecule has 2 fully saturated rings. The Labute approximate surface area is 82.1 Å². The van der Waals surface area contributed by atoms with Gasteiger partial charge in [0.1, 0.15) is 0 Å². The molecule has 2 saturated carbocycles. The maximum atomic E-state index is 6.02. The molecular weight excluding hydrogens is 158 g/mol. The second-order valence-corrected chi connectivity index (χ2v) is 5.61. The molecule has 3 atom stereocenters. The average Bonchev–Trinajstić information content (AvgIpc) is 2.75. The fourth-order valence-electron chi connectivity index (χ4n) is 3.08. The van der Waals surface area contributed by atoms with Crippen molar-refractivity contribution in [3.8, 4) is 0 Å². The van der Waals surface area contributed by atoms with E-state index >= 15 is 0 Å². The van der Waals surface area contributed by atoms with Crippen LogP contribution in [0.4, 0.5) is 0 Å². The van der Waals surface area contributed by atoms with Gasteiger partial charge in [0.05, 0.1) is 0 Å². The highest BCUT2D eigenvalue weighted by atomic mass is 14.8. The second kappa shape index (κ2) is 3.27. The first-order valence-electron chi connectivity index (χ1n) is 5.90. The highest BCUT2D eigenvalue weighted by molar-refractivity contribution is 5.06. The standard InChI is InChI=1S/C12H23N/c1-9(2)10-4-3-6-12(7-5-10)8-11(12)13/h9-11H,3-8,13H2,1-2H3. The van der Waals surface area contributed by atoms with Crippen LogP contribution >= 0.6 is 0 Å². The third kappa shape index (κ3) is 1.76. The zero-order valence-corrected chi connectivity index (χ0v) is 9.05. The quantitative estimate of drug-likeness (QED) is 0.661. The van der Waals surface area contributed by atoms with Gasteiger partial charge in [0.15, 0.2) is 0 Å². The Balaban J connectivity index is 1.91. The van der Waals surface area contributed by atoms with Gasteiger partial charge in [-0.25, -0.2) is 0 Å². The van der Waals surface area contributed by atoms with Gasteiger partial charge in [-0.05, 0) is 42.9 Å². The van der Waals surface area contributed by atoms with Gasteiger partial charge in [-0.15, -0.1) is 0 Å². The van der Waals surface area contributed by atoms with E-state index in [0.717, 1.165) is 11.8 Å². The van der Waals surface area contributed by atoms with E-state index in [2.05, 4.69) is 13.8 Å². The summed E-state index contributed by atoms with van der Waals surface area (Å²) in [5.74, 6) is 1.86. The van der Waals surface area contributed by atoms with E-state index in [1.165, 1.54) is 38.5 Å². The zero-order chi connectivity index (χ0) is 9.47. The molecule has 0 radical (unpaired) electrons. The predicted molar refractivity (Wildman–Crippen MR) is 56.4 cm³/mol. The van der Waals surface area contributed by atoms with Crippen LogP contribution in [0.25, 0.3) is 0 Å². The van der Waals surface area contributed by atoms with Crippen molar-refractivity contribution >= 4 is 0 Å². The van der Waals surface area contributed by atoms with Gasteiger partial charge in [0, 0.05) is 6.04 Å². The van der Waals surface area contributed by atoms with Crippen molar-refractivity contribution in [3.63, 3.8) is 0 Å². The molecule has 0 saturated heterocycles. The van der Waals surface area contributed by atoms with E-state index in [1.807, 2.05) is 0 Å². The lowest BCUT2D eigenvalue weighted by Crippen LogP contribution is -2.13. The molecule has 2 aliphatic rings. The molecule has 0 amide bonds. The van der Waals surface area contributed by atoms with Crippen molar-refractivity contribution < 1.29 is 0 Å². The summed E-state index contributed by atoms with van der Waals surface area (Å²) in [5, 5.41) is 0. The second-order valence-electron chi connectivity index (χ2n) is 5.61. The van der Waals surface area contributed by atoms with Crippen LogP contribution in [0.15, 0.2) is 0 Å². The van der Waals surface area contributed by atoms with Crippen molar-refractivity contribution in [1.82, 2.24) is 0 Å². The third-order valence-electron chi connectivity index (χ3n) is 4.46. The van der Waals surface area contributed by atoms with Crippen molar-refractivity contribution in [1.29, 1.82) is 0 Å². The molecule has 3 unspecified atom stereocenters. The lowest BCUT2D eigenvalue weighted by atomic mass is 9.88. The Bertz CT molecular complexity index is 188. The summed E-state index contributed by atoms with van der Waals surface area (Å²) in [6.07, 6.45) is 8.46. The van der Waals surface area contributed by atoms with Gasteiger partial charge < -0.3 is 5.73 Å². The third-order valence-corrected chi connectivity index (χ3v) is 4.46. The summed E-state index contributed by atoms with van der Waals surface area (Å²) >= 11 is 0. The molecule has 13 heavy (non-hydrogen) atoms. The highest BCUT2D eigenvalue weighted by Crippen LogP contribution is 2.55. The Morgan fingerprint density at radius 3 is 2.46 bits per heavy atom. The van der Waals surface area contributed by atoms with Gasteiger partial charge >= 0.3 is 0 Å². The molecule has 0 aromatic carbocycles. The largest absolute Gasteiger partial charge is 0.327 e. The summed E-state index contributed by atoms with van der Waals surface area (Å²) in [5.41, 5.74) is 6.64. The Morgan fingerprint density at radius 2 is 1.92 bits per heavy atom. The maximum absolute atomic E-state index is 6.02. The number of nitrogens with two attached hydrogens (primary N) is 1. The molecule has 2 rings (SSSR count). The summed E-state index contributed by atoms with van der Waals surface area (Å²) in [6.45, 7) is 4.74. The van der Waals surface area contributed by atoms with Gasteiger partial charge in [0.25, 0.3) is 0 Å². The van der Waals surface area contributed by atoms with Crippen LogP contribution in [0.2, 0.25) is 0 Å². The summed E-state index contributed by atoms with van der Waals surface area (Å²) in [4.78, 5) is 0. The molecule has 76 valence electrons. The molecule has 0 bridgehead atoms. The van der Waals surface area contributed by atoms with Crippen LogP contribution in [0, 0.1) is 17.3 Å². The first kappa shape index (κ1) is 9.51. The van der Waals surface area contributed by atoms with Crippen molar-refractivity contribution in [2.75, 3.05) is 0 Å². The number of hydrogen-bond donors (Lipinski definition) is 1. The predicted octanol–water partition coefficient (Wildman–Crippen LogP) is 2.94. The number of hydrogen-bond acceptors (Lipinski definition) is 1. The molecule has 1 spiro atoms. The van der Waals surface area contributed by atoms with Crippen molar-refractivity contribution in [2.24, 2.45) is 23.0 Å². The van der Waals surface area contributed by atoms with E-state index in [1.54, 1.807) is 0 Å². The minimum atomic E-state index is 0.554. The summed E-state index contributed by atoms with van der Waals surface area (Å²) < 4.78 is 0. The topological polar surface area (TPSA) is 26.0 Å². The minimum absolute atomic E-state index is 0.554. The smallest absolute Gasteiger partial charge is 0.0102 e.